The van der Waals surface area contributed by atoms with E-state index < -0.39 is 11.8 Å². The number of carbonyl (C=O) groups excluding carboxylic acids is 1. The molecule has 0 aromatic carbocycles. The Morgan fingerprint density at radius 3 is 2.82 bits per heavy atom. The van der Waals surface area contributed by atoms with Gasteiger partial charge in [-0.3, -0.25) is 0 Å². The molecule has 0 N–H and O–H groups in total. The molecule has 0 aliphatic heterocycles. The maximum atomic E-state index is 12.7. The summed E-state index contributed by atoms with van der Waals surface area (Å²) in [6.45, 7) is 0. The molecular weight excluding hydrogens is 235 g/mol. The molecule has 0 spiro atoms. The third-order valence-corrected chi connectivity index (χ3v) is 2.78. The van der Waals surface area contributed by atoms with Crippen LogP contribution >= 0.6 is 27.3 Å². The second-order valence-corrected chi connectivity index (χ2v) is 3.92. The van der Waals surface area contributed by atoms with Gasteiger partial charge in [-0.05, 0) is 15.9 Å². The molecule has 0 saturated carbocycles. The zero-order chi connectivity index (χ0) is 8.43. The van der Waals surface area contributed by atoms with Crippen molar-refractivity contribution in [2.24, 2.45) is 0 Å². The van der Waals surface area contributed by atoms with E-state index in [1.807, 2.05) is 0 Å². The van der Waals surface area contributed by atoms with Crippen LogP contribution < -0.4 is 0 Å². The van der Waals surface area contributed by atoms with E-state index in [1.54, 1.807) is 0 Å². The fourth-order valence-corrected chi connectivity index (χ4v) is 1.85. The summed E-state index contributed by atoms with van der Waals surface area (Å²) in [7, 11) is 1.21. The minimum atomic E-state index is -0.657. The Hall–Kier alpha value is -0.420. The molecule has 2 nitrogen and oxygen atoms in total. The van der Waals surface area contributed by atoms with Crippen LogP contribution in [-0.2, 0) is 4.74 Å². The molecule has 0 aliphatic carbocycles. The van der Waals surface area contributed by atoms with Gasteiger partial charge in [0.2, 0.25) is 0 Å². The Kier molecular flexibility index (Phi) is 2.62. The number of carbonyl (C=O) groups is 1. The first-order valence-corrected chi connectivity index (χ1v) is 4.35. The fraction of sp³-hybridized carbons (Fsp3) is 0.167. The highest BCUT2D eigenvalue weighted by Crippen LogP contribution is 2.27. The SMILES string of the molecule is COC(=O)c1c(F)csc1Br. The predicted molar refractivity (Wildman–Crippen MR) is 43.3 cm³/mol. The average molecular weight is 239 g/mol. The van der Waals surface area contributed by atoms with Gasteiger partial charge in [-0.2, -0.15) is 0 Å². The molecule has 0 saturated heterocycles. The van der Waals surface area contributed by atoms with E-state index >= 15 is 0 Å². The molecule has 5 heteroatoms. The van der Waals surface area contributed by atoms with Gasteiger partial charge in [0.1, 0.15) is 11.4 Å². The van der Waals surface area contributed by atoms with Gasteiger partial charge in [-0.25, -0.2) is 9.18 Å². The van der Waals surface area contributed by atoms with Crippen LogP contribution in [0.15, 0.2) is 9.17 Å². The van der Waals surface area contributed by atoms with E-state index in [9.17, 15) is 9.18 Å². The van der Waals surface area contributed by atoms with E-state index in [0.29, 0.717) is 3.79 Å². The van der Waals surface area contributed by atoms with Crippen LogP contribution in [0.1, 0.15) is 10.4 Å². The number of halogens is 2. The topological polar surface area (TPSA) is 26.3 Å². The van der Waals surface area contributed by atoms with Gasteiger partial charge in [0, 0.05) is 5.38 Å². The first-order chi connectivity index (χ1) is 5.16. The largest absolute Gasteiger partial charge is 0.465 e. The van der Waals surface area contributed by atoms with Crippen LogP contribution in [0, 0.1) is 5.82 Å². The zero-order valence-corrected chi connectivity index (χ0v) is 7.96. The van der Waals surface area contributed by atoms with Crippen molar-refractivity contribution < 1.29 is 13.9 Å². The quantitative estimate of drug-likeness (QED) is 0.703. The third-order valence-electron chi connectivity index (χ3n) is 1.09. The van der Waals surface area contributed by atoms with Crippen molar-refractivity contribution in [3.63, 3.8) is 0 Å². The Morgan fingerprint density at radius 1 is 1.82 bits per heavy atom. The summed E-state index contributed by atoms with van der Waals surface area (Å²) in [6.07, 6.45) is 0. The van der Waals surface area contributed by atoms with Gasteiger partial charge in [-0.15, -0.1) is 11.3 Å². The van der Waals surface area contributed by atoms with Crippen molar-refractivity contribution in [2.75, 3.05) is 7.11 Å². The second kappa shape index (κ2) is 3.32. The van der Waals surface area contributed by atoms with Crippen LogP contribution in [0.3, 0.4) is 0 Å². The number of esters is 1. The number of rotatable bonds is 1. The monoisotopic (exact) mass is 238 g/mol. The lowest BCUT2D eigenvalue weighted by molar-refractivity contribution is 0.0595. The fourth-order valence-electron chi connectivity index (χ4n) is 0.595. The molecule has 0 amide bonds. The molecule has 0 aliphatic rings. The highest BCUT2D eigenvalue weighted by Gasteiger charge is 2.17. The smallest absolute Gasteiger partial charge is 0.342 e. The van der Waals surface area contributed by atoms with E-state index in [-0.39, 0.29) is 5.56 Å². The second-order valence-electron chi connectivity index (χ2n) is 1.72. The third kappa shape index (κ3) is 1.59. The summed E-state index contributed by atoms with van der Waals surface area (Å²) in [5.74, 6) is -1.20. The summed E-state index contributed by atoms with van der Waals surface area (Å²) >= 11 is 4.15. The van der Waals surface area contributed by atoms with Gasteiger partial charge < -0.3 is 4.74 Å². The molecule has 0 bridgehead atoms. The van der Waals surface area contributed by atoms with Crippen molar-refractivity contribution in [1.29, 1.82) is 0 Å². The van der Waals surface area contributed by atoms with E-state index in [0.717, 1.165) is 11.3 Å². The number of thiophene rings is 1. The molecule has 0 atom stereocenters. The molecule has 1 rings (SSSR count). The van der Waals surface area contributed by atoms with Crippen LogP contribution in [-0.4, -0.2) is 13.1 Å². The van der Waals surface area contributed by atoms with E-state index in [4.69, 9.17) is 0 Å². The number of hydrogen-bond donors (Lipinski definition) is 0. The number of methoxy groups -OCH3 is 1. The highest BCUT2D eigenvalue weighted by molar-refractivity contribution is 9.11. The van der Waals surface area contributed by atoms with Crippen LogP contribution in [0.4, 0.5) is 4.39 Å². The van der Waals surface area contributed by atoms with Crippen molar-refractivity contribution in [3.05, 3.63) is 20.5 Å². The van der Waals surface area contributed by atoms with Gasteiger partial charge in [-0.1, -0.05) is 0 Å². The van der Waals surface area contributed by atoms with Gasteiger partial charge >= 0.3 is 5.97 Å². The zero-order valence-electron chi connectivity index (χ0n) is 5.56. The highest BCUT2D eigenvalue weighted by atomic mass is 79.9. The average Bonchev–Trinajstić information content (AvgIpc) is 2.30. The Bertz CT molecular complexity index is 265. The van der Waals surface area contributed by atoms with Crippen LogP contribution in [0.5, 0.6) is 0 Å². The number of ether oxygens (including phenoxy) is 1. The molecule has 1 aromatic rings. The molecular formula is C6H4BrFO2S. The Morgan fingerprint density at radius 2 is 2.45 bits per heavy atom. The van der Waals surface area contributed by atoms with Crippen molar-refractivity contribution in [3.8, 4) is 0 Å². The normalized spacial score (nSPS) is 9.73. The van der Waals surface area contributed by atoms with Crippen molar-refractivity contribution >= 4 is 33.2 Å². The molecule has 11 heavy (non-hydrogen) atoms. The summed E-state index contributed by atoms with van der Waals surface area (Å²) in [5.41, 5.74) is -0.0301. The lowest BCUT2D eigenvalue weighted by atomic mass is 10.3. The molecule has 0 unspecified atom stereocenters. The molecule has 0 radical (unpaired) electrons. The van der Waals surface area contributed by atoms with E-state index in [2.05, 4.69) is 20.7 Å². The maximum absolute atomic E-state index is 12.7. The summed E-state index contributed by atoms with van der Waals surface area (Å²) in [4.78, 5) is 10.8. The van der Waals surface area contributed by atoms with Gasteiger partial charge in [0.25, 0.3) is 0 Å². The minimum absolute atomic E-state index is 0.0301. The lowest BCUT2D eigenvalue weighted by Crippen LogP contribution is -2.02. The summed E-state index contributed by atoms with van der Waals surface area (Å²) < 4.78 is 17.5. The standard InChI is InChI=1S/C6H4BrFO2S/c1-10-6(9)4-3(8)2-11-5(4)7/h2H,1H3. The summed E-state index contributed by atoms with van der Waals surface area (Å²) in [5, 5.41) is 1.25. The van der Waals surface area contributed by atoms with Gasteiger partial charge in [0.05, 0.1) is 10.9 Å². The number of hydrogen-bond acceptors (Lipinski definition) is 3. The Balaban J connectivity index is 3.10. The first kappa shape index (κ1) is 8.67. The Labute approximate surface area is 75.1 Å². The molecule has 1 aromatic heterocycles. The molecule has 60 valence electrons. The van der Waals surface area contributed by atoms with Crippen molar-refractivity contribution in [2.45, 2.75) is 0 Å². The van der Waals surface area contributed by atoms with Crippen molar-refractivity contribution in [1.82, 2.24) is 0 Å². The predicted octanol–water partition coefficient (Wildman–Crippen LogP) is 2.44. The van der Waals surface area contributed by atoms with E-state index in [1.165, 1.54) is 12.5 Å². The molecule has 1 heterocycles. The lowest BCUT2D eigenvalue weighted by Gasteiger charge is -1.95. The minimum Gasteiger partial charge on any atom is -0.465 e. The maximum Gasteiger partial charge on any atom is 0.342 e. The van der Waals surface area contributed by atoms with Gasteiger partial charge in [0.15, 0.2) is 0 Å². The van der Waals surface area contributed by atoms with Crippen LogP contribution in [0.2, 0.25) is 0 Å². The van der Waals surface area contributed by atoms with Crippen LogP contribution in [0.25, 0.3) is 0 Å². The molecule has 0 fully saturated rings. The first-order valence-electron chi connectivity index (χ1n) is 2.67. The summed E-state index contributed by atoms with van der Waals surface area (Å²) in [6, 6.07) is 0.